The predicted molar refractivity (Wildman–Crippen MR) is 78.1 cm³/mol. The van der Waals surface area contributed by atoms with Crippen LogP contribution < -0.4 is 10.1 Å². The molecule has 0 saturated carbocycles. The highest BCUT2D eigenvalue weighted by Gasteiger charge is 2.22. The van der Waals surface area contributed by atoms with Crippen LogP contribution in [0.15, 0.2) is 24.3 Å². The number of amides is 1. The van der Waals surface area contributed by atoms with Gasteiger partial charge in [-0.3, -0.25) is 4.79 Å². The minimum absolute atomic E-state index is 0.0558. The van der Waals surface area contributed by atoms with Gasteiger partial charge in [-0.1, -0.05) is 0 Å². The zero-order chi connectivity index (χ0) is 17.0. The molecule has 1 aromatic carbocycles. The number of nitrogens with zero attached hydrogens (tertiary/aromatic N) is 2. The standard InChI is InChI=1S/C15H15F2N3O3/c1-8-4-12(20-15(18-8)23-3)19-14(21)13(22-2)9-5-10(16)7-11(17)6-9/h4-7,13H,1-3H3,(H,18,19,20,21). The van der Waals surface area contributed by atoms with Gasteiger partial charge in [-0.05, 0) is 24.6 Å². The number of carbonyl (C=O) groups excluding carboxylic acids is 1. The molecule has 0 spiro atoms. The number of ether oxygens (including phenoxy) is 2. The molecule has 1 N–H and O–H groups in total. The number of aromatic nitrogens is 2. The van der Waals surface area contributed by atoms with E-state index in [4.69, 9.17) is 9.47 Å². The molecule has 2 aromatic rings. The molecule has 0 aliphatic heterocycles. The van der Waals surface area contributed by atoms with E-state index in [1.807, 2.05) is 0 Å². The van der Waals surface area contributed by atoms with Gasteiger partial charge in [-0.15, -0.1) is 0 Å². The van der Waals surface area contributed by atoms with Gasteiger partial charge in [-0.2, -0.15) is 4.98 Å². The largest absolute Gasteiger partial charge is 0.467 e. The molecule has 0 fully saturated rings. The zero-order valence-corrected chi connectivity index (χ0v) is 12.8. The Morgan fingerprint density at radius 3 is 2.35 bits per heavy atom. The molecule has 1 amide bonds. The number of nitrogens with one attached hydrogen (secondary N) is 1. The SMILES string of the molecule is COc1nc(C)cc(NC(=O)C(OC)c2cc(F)cc(F)c2)n1. The van der Waals surface area contributed by atoms with E-state index in [-0.39, 0.29) is 17.4 Å². The summed E-state index contributed by atoms with van der Waals surface area (Å²) in [4.78, 5) is 20.3. The second kappa shape index (κ2) is 7.10. The molecular weight excluding hydrogens is 308 g/mol. The van der Waals surface area contributed by atoms with Gasteiger partial charge in [0.2, 0.25) is 0 Å². The van der Waals surface area contributed by atoms with Crippen molar-refractivity contribution in [2.75, 3.05) is 19.5 Å². The lowest BCUT2D eigenvalue weighted by Gasteiger charge is -2.16. The van der Waals surface area contributed by atoms with Crippen LogP contribution in [0.2, 0.25) is 0 Å². The highest BCUT2D eigenvalue weighted by atomic mass is 19.1. The minimum atomic E-state index is -1.19. The molecule has 1 heterocycles. The molecule has 23 heavy (non-hydrogen) atoms. The van der Waals surface area contributed by atoms with E-state index in [0.717, 1.165) is 12.1 Å². The lowest BCUT2D eigenvalue weighted by atomic mass is 10.1. The predicted octanol–water partition coefficient (Wildman–Crippen LogP) is 2.40. The second-order valence-electron chi connectivity index (χ2n) is 4.69. The van der Waals surface area contributed by atoms with Crippen LogP contribution in [-0.2, 0) is 9.53 Å². The van der Waals surface area contributed by atoms with Gasteiger partial charge in [0, 0.05) is 24.9 Å². The molecule has 0 aliphatic rings. The number of halogens is 2. The van der Waals surface area contributed by atoms with E-state index in [0.29, 0.717) is 11.8 Å². The Morgan fingerprint density at radius 1 is 1.13 bits per heavy atom. The molecule has 0 saturated heterocycles. The summed E-state index contributed by atoms with van der Waals surface area (Å²) >= 11 is 0. The van der Waals surface area contributed by atoms with E-state index >= 15 is 0 Å². The maximum atomic E-state index is 13.3. The van der Waals surface area contributed by atoms with Gasteiger partial charge < -0.3 is 14.8 Å². The monoisotopic (exact) mass is 323 g/mol. The Hall–Kier alpha value is -2.61. The van der Waals surface area contributed by atoms with Crippen molar-refractivity contribution in [1.29, 1.82) is 0 Å². The van der Waals surface area contributed by atoms with E-state index in [1.165, 1.54) is 20.3 Å². The number of aryl methyl sites for hydroxylation is 1. The maximum absolute atomic E-state index is 13.3. The third-order valence-corrected chi connectivity index (χ3v) is 2.93. The first kappa shape index (κ1) is 16.8. The Morgan fingerprint density at radius 2 is 1.78 bits per heavy atom. The number of carbonyl (C=O) groups is 1. The Bertz CT molecular complexity index is 705. The summed E-state index contributed by atoms with van der Waals surface area (Å²) in [6.45, 7) is 1.70. The fourth-order valence-electron chi connectivity index (χ4n) is 2.01. The van der Waals surface area contributed by atoms with Crippen LogP contribution in [0.1, 0.15) is 17.4 Å². The van der Waals surface area contributed by atoms with Gasteiger partial charge >= 0.3 is 6.01 Å². The molecule has 6 nitrogen and oxygen atoms in total. The third kappa shape index (κ3) is 4.19. The smallest absolute Gasteiger partial charge is 0.318 e. The number of methoxy groups -OCH3 is 2. The van der Waals surface area contributed by atoms with Crippen molar-refractivity contribution in [3.63, 3.8) is 0 Å². The molecular formula is C15H15F2N3O3. The first-order chi connectivity index (χ1) is 10.9. The van der Waals surface area contributed by atoms with Gasteiger partial charge in [0.1, 0.15) is 17.5 Å². The summed E-state index contributed by atoms with van der Waals surface area (Å²) < 4.78 is 36.6. The van der Waals surface area contributed by atoms with Crippen LogP contribution >= 0.6 is 0 Å². The Kier molecular flexibility index (Phi) is 5.17. The number of hydrogen-bond acceptors (Lipinski definition) is 5. The molecule has 2 rings (SSSR count). The molecule has 8 heteroatoms. The average Bonchev–Trinajstić information content (AvgIpc) is 2.46. The van der Waals surface area contributed by atoms with Crippen molar-refractivity contribution in [2.24, 2.45) is 0 Å². The summed E-state index contributed by atoms with van der Waals surface area (Å²) in [6.07, 6.45) is -1.19. The summed E-state index contributed by atoms with van der Waals surface area (Å²) in [7, 11) is 2.66. The van der Waals surface area contributed by atoms with Crippen molar-refractivity contribution in [3.05, 3.63) is 47.2 Å². The normalized spacial score (nSPS) is 11.9. The fourth-order valence-corrected chi connectivity index (χ4v) is 2.01. The third-order valence-electron chi connectivity index (χ3n) is 2.93. The lowest BCUT2D eigenvalue weighted by molar-refractivity contribution is -0.126. The van der Waals surface area contributed by atoms with Crippen LogP contribution in [0.5, 0.6) is 6.01 Å². The van der Waals surface area contributed by atoms with Crippen molar-refractivity contribution < 1.29 is 23.0 Å². The Balaban J connectivity index is 2.25. The summed E-state index contributed by atoms with van der Waals surface area (Å²) in [6, 6.07) is 4.39. The first-order valence-corrected chi connectivity index (χ1v) is 6.62. The molecule has 1 atom stereocenters. The molecule has 0 aliphatic carbocycles. The molecule has 1 aromatic heterocycles. The number of benzene rings is 1. The number of rotatable bonds is 5. The molecule has 122 valence electrons. The van der Waals surface area contributed by atoms with Gasteiger partial charge in [0.05, 0.1) is 7.11 Å². The first-order valence-electron chi connectivity index (χ1n) is 6.62. The van der Waals surface area contributed by atoms with E-state index < -0.39 is 23.6 Å². The average molecular weight is 323 g/mol. The fraction of sp³-hybridized carbons (Fsp3) is 0.267. The zero-order valence-electron chi connectivity index (χ0n) is 12.8. The topological polar surface area (TPSA) is 73.3 Å². The second-order valence-corrected chi connectivity index (χ2v) is 4.69. The maximum Gasteiger partial charge on any atom is 0.318 e. The van der Waals surface area contributed by atoms with Crippen molar-refractivity contribution in [1.82, 2.24) is 9.97 Å². The summed E-state index contributed by atoms with van der Waals surface area (Å²) in [5, 5.41) is 2.51. The van der Waals surface area contributed by atoms with Crippen LogP contribution in [0.4, 0.5) is 14.6 Å². The van der Waals surface area contributed by atoms with E-state index in [1.54, 1.807) is 6.92 Å². The van der Waals surface area contributed by atoms with E-state index in [9.17, 15) is 13.6 Å². The van der Waals surface area contributed by atoms with Crippen LogP contribution in [0.3, 0.4) is 0 Å². The van der Waals surface area contributed by atoms with E-state index in [2.05, 4.69) is 15.3 Å². The number of hydrogen-bond donors (Lipinski definition) is 1. The summed E-state index contributed by atoms with van der Waals surface area (Å²) in [5.74, 6) is -2.03. The highest BCUT2D eigenvalue weighted by molar-refractivity contribution is 5.94. The number of anilines is 1. The Labute approximate surface area is 131 Å². The molecule has 1 unspecified atom stereocenters. The van der Waals surface area contributed by atoms with Gasteiger partial charge in [0.15, 0.2) is 6.10 Å². The van der Waals surface area contributed by atoms with Crippen molar-refractivity contribution in [3.8, 4) is 6.01 Å². The van der Waals surface area contributed by atoms with Gasteiger partial charge in [0.25, 0.3) is 5.91 Å². The van der Waals surface area contributed by atoms with Crippen LogP contribution in [0.25, 0.3) is 0 Å². The van der Waals surface area contributed by atoms with Crippen molar-refractivity contribution >= 4 is 11.7 Å². The van der Waals surface area contributed by atoms with Gasteiger partial charge in [-0.25, -0.2) is 13.8 Å². The quantitative estimate of drug-likeness (QED) is 0.914. The van der Waals surface area contributed by atoms with Crippen LogP contribution in [-0.4, -0.2) is 30.1 Å². The van der Waals surface area contributed by atoms with Crippen molar-refractivity contribution in [2.45, 2.75) is 13.0 Å². The molecule has 0 bridgehead atoms. The van der Waals surface area contributed by atoms with Crippen LogP contribution in [0, 0.1) is 18.6 Å². The lowest BCUT2D eigenvalue weighted by Crippen LogP contribution is -2.23. The highest BCUT2D eigenvalue weighted by Crippen LogP contribution is 2.21. The molecule has 0 radical (unpaired) electrons. The summed E-state index contributed by atoms with van der Waals surface area (Å²) in [5.41, 5.74) is 0.637. The minimum Gasteiger partial charge on any atom is -0.467 e.